The number of rotatable bonds is 6. The lowest BCUT2D eigenvalue weighted by Crippen LogP contribution is -2.50. The normalized spacial score (nSPS) is 16.8. The van der Waals surface area contributed by atoms with Gasteiger partial charge < -0.3 is 19.5 Å². The molecule has 1 aliphatic heterocycles. The van der Waals surface area contributed by atoms with Crippen LogP contribution in [0, 0.1) is 0 Å². The van der Waals surface area contributed by atoms with E-state index in [0.29, 0.717) is 31.8 Å². The standard InChI is InChI=1S/C16H21NO5/c1-12(22-14-5-3-2-4-6-14)16(20)17(11-15(18)19)13-7-9-21-10-8-13/h2-6,12-13H,7-11H2,1H3,(H,18,19). The van der Waals surface area contributed by atoms with Crippen molar-refractivity contribution in [1.82, 2.24) is 4.90 Å². The van der Waals surface area contributed by atoms with Gasteiger partial charge in [0.15, 0.2) is 6.10 Å². The van der Waals surface area contributed by atoms with Gasteiger partial charge >= 0.3 is 5.97 Å². The maximum atomic E-state index is 12.6. The molecule has 120 valence electrons. The molecule has 0 radical (unpaired) electrons. The van der Waals surface area contributed by atoms with E-state index < -0.39 is 12.1 Å². The summed E-state index contributed by atoms with van der Waals surface area (Å²) in [6.07, 6.45) is 0.568. The van der Waals surface area contributed by atoms with Crippen LogP contribution in [0.4, 0.5) is 0 Å². The van der Waals surface area contributed by atoms with Gasteiger partial charge in [-0.15, -0.1) is 0 Å². The Morgan fingerprint density at radius 3 is 2.55 bits per heavy atom. The Morgan fingerprint density at radius 1 is 1.32 bits per heavy atom. The molecule has 6 nitrogen and oxygen atoms in total. The number of ether oxygens (including phenoxy) is 2. The Morgan fingerprint density at radius 2 is 1.95 bits per heavy atom. The Hall–Kier alpha value is -2.08. The van der Waals surface area contributed by atoms with Crippen molar-refractivity contribution >= 4 is 11.9 Å². The summed E-state index contributed by atoms with van der Waals surface area (Å²) in [5.41, 5.74) is 0. The van der Waals surface area contributed by atoms with Gasteiger partial charge in [0.25, 0.3) is 5.91 Å². The predicted molar refractivity (Wildman–Crippen MR) is 79.7 cm³/mol. The second-order valence-electron chi connectivity index (χ2n) is 5.28. The minimum Gasteiger partial charge on any atom is -0.481 e. The summed E-state index contributed by atoms with van der Waals surface area (Å²) in [6.45, 7) is 2.42. The predicted octanol–water partition coefficient (Wildman–Crippen LogP) is 1.55. The summed E-state index contributed by atoms with van der Waals surface area (Å²) in [5.74, 6) is -0.740. The molecule has 1 saturated heterocycles. The van der Waals surface area contributed by atoms with Gasteiger partial charge in [-0.2, -0.15) is 0 Å². The quantitative estimate of drug-likeness (QED) is 0.863. The fourth-order valence-corrected chi connectivity index (χ4v) is 2.52. The van der Waals surface area contributed by atoms with Gasteiger partial charge in [0.05, 0.1) is 0 Å². The summed E-state index contributed by atoms with van der Waals surface area (Å²) in [5, 5.41) is 9.07. The van der Waals surface area contributed by atoms with Crippen LogP contribution in [-0.2, 0) is 14.3 Å². The van der Waals surface area contributed by atoms with Crippen molar-refractivity contribution in [3.8, 4) is 5.75 Å². The molecule has 0 bridgehead atoms. The van der Waals surface area contributed by atoms with Gasteiger partial charge in [-0.05, 0) is 31.9 Å². The van der Waals surface area contributed by atoms with E-state index in [1.807, 2.05) is 18.2 Å². The average molecular weight is 307 g/mol. The molecule has 2 rings (SSSR count). The number of hydrogen-bond acceptors (Lipinski definition) is 4. The van der Waals surface area contributed by atoms with E-state index in [0.717, 1.165) is 0 Å². The monoisotopic (exact) mass is 307 g/mol. The second-order valence-corrected chi connectivity index (χ2v) is 5.28. The minimum absolute atomic E-state index is 0.112. The highest BCUT2D eigenvalue weighted by Gasteiger charge is 2.31. The van der Waals surface area contributed by atoms with Gasteiger partial charge in [-0.3, -0.25) is 9.59 Å². The molecule has 1 aromatic carbocycles. The van der Waals surface area contributed by atoms with Gasteiger partial charge in [0.2, 0.25) is 0 Å². The number of hydrogen-bond donors (Lipinski definition) is 1. The average Bonchev–Trinajstić information content (AvgIpc) is 2.53. The zero-order chi connectivity index (χ0) is 15.9. The summed E-state index contributed by atoms with van der Waals surface area (Å²) >= 11 is 0. The molecule has 1 unspecified atom stereocenters. The Kier molecular flexibility index (Phi) is 5.77. The van der Waals surface area contributed by atoms with Gasteiger partial charge in [-0.1, -0.05) is 18.2 Å². The number of aliphatic carboxylic acids is 1. The van der Waals surface area contributed by atoms with Gasteiger partial charge in [0.1, 0.15) is 12.3 Å². The van der Waals surface area contributed by atoms with E-state index in [9.17, 15) is 9.59 Å². The van der Waals surface area contributed by atoms with Gasteiger partial charge in [-0.25, -0.2) is 0 Å². The smallest absolute Gasteiger partial charge is 0.323 e. The van der Waals surface area contributed by atoms with Crippen molar-refractivity contribution in [3.63, 3.8) is 0 Å². The van der Waals surface area contributed by atoms with Crippen molar-refractivity contribution in [2.75, 3.05) is 19.8 Å². The first-order chi connectivity index (χ1) is 10.6. The first-order valence-electron chi connectivity index (χ1n) is 7.39. The molecule has 1 N–H and O–H groups in total. The SMILES string of the molecule is CC(Oc1ccccc1)C(=O)N(CC(=O)O)C1CCOCC1. The van der Waals surface area contributed by atoms with Gasteiger partial charge in [0, 0.05) is 19.3 Å². The first-order valence-corrected chi connectivity index (χ1v) is 7.39. The molecule has 6 heteroatoms. The number of nitrogens with zero attached hydrogens (tertiary/aromatic N) is 1. The fourth-order valence-electron chi connectivity index (χ4n) is 2.52. The molecular formula is C16H21NO5. The highest BCUT2D eigenvalue weighted by atomic mass is 16.5. The van der Waals surface area contributed by atoms with E-state index >= 15 is 0 Å². The molecule has 1 atom stereocenters. The van der Waals surface area contributed by atoms with E-state index in [-0.39, 0.29) is 18.5 Å². The molecule has 22 heavy (non-hydrogen) atoms. The number of carboxylic acids is 1. The number of carbonyl (C=O) groups is 2. The molecule has 1 aliphatic rings. The van der Waals surface area contributed by atoms with Crippen molar-refractivity contribution in [2.45, 2.75) is 31.9 Å². The van der Waals surface area contributed by atoms with Crippen LogP contribution in [0.1, 0.15) is 19.8 Å². The fraction of sp³-hybridized carbons (Fsp3) is 0.500. The number of amides is 1. The Labute approximate surface area is 129 Å². The van der Waals surface area contributed by atoms with Crippen molar-refractivity contribution < 1.29 is 24.2 Å². The molecule has 1 heterocycles. The van der Waals surface area contributed by atoms with Crippen LogP contribution in [0.2, 0.25) is 0 Å². The van der Waals surface area contributed by atoms with Crippen molar-refractivity contribution in [2.24, 2.45) is 0 Å². The molecule has 1 fully saturated rings. The lowest BCUT2D eigenvalue weighted by molar-refractivity contribution is -0.151. The Balaban J connectivity index is 2.04. The van der Waals surface area contributed by atoms with Crippen molar-refractivity contribution in [1.29, 1.82) is 0 Å². The highest BCUT2D eigenvalue weighted by molar-refractivity contribution is 5.85. The number of carbonyl (C=O) groups excluding carboxylic acids is 1. The summed E-state index contributed by atoms with van der Waals surface area (Å²) in [7, 11) is 0. The minimum atomic E-state index is -1.02. The molecule has 1 amide bonds. The summed E-state index contributed by atoms with van der Waals surface area (Å²) in [4.78, 5) is 25.1. The van der Waals surface area contributed by atoms with Crippen LogP contribution in [-0.4, -0.2) is 53.8 Å². The molecule has 0 aliphatic carbocycles. The first kappa shape index (κ1) is 16.3. The van der Waals surface area contributed by atoms with E-state index in [1.54, 1.807) is 19.1 Å². The lowest BCUT2D eigenvalue weighted by Gasteiger charge is -2.34. The van der Waals surface area contributed by atoms with Crippen LogP contribution in [0.3, 0.4) is 0 Å². The summed E-state index contributed by atoms with van der Waals surface area (Å²) in [6, 6.07) is 8.91. The van der Waals surface area contributed by atoms with Crippen LogP contribution >= 0.6 is 0 Å². The van der Waals surface area contributed by atoms with E-state index in [1.165, 1.54) is 4.90 Å². The van der Waals surface area contributed by atoms with Crippen LogP contribution < -0.4 is 4.74 Å². The lowest BCUT2D eigenvalue weighted by atomic mass is 10.1. The van der Waals surface area contributed by atoms with E-state index in [4.69, 9.17) is 14.6 Å². The molecule has 0 spiro atoms. The third-order valence-electron chi connectivity index (χ3n) is 3.62. The summed E-state index contributed by atoms with van der Waals surface area (Å²) < 4.78 is 10.9. The highest BCUT2D eigenvalue weighted by Crippen LogP contribution is 2.18. The van der Waals surface area contributed by atoms with E-state index in [2.05, 4.69) is 0 Å². The van der Waals surface area contributed by atoms with Crippen LogP contribution in [0.5, 0.6) is 5.75 Å². The maximum Gasteiger partial charge on any atom is 0.323 e. The molecule has 0 saturated carbocycles. The molecule has 1 aromatic rings. The van der Waals surface area contributed by atoms with Crippen molar-refractivity contribution in [3.05, 3.63) is 30.3 Å². The molecule has 0 aromatic heterocycles. The third-order valence-corrected chi connectivity index (χ3v) is 3.62. The second kappa shape index (κ2) is 7.79. The topological polar surface area (TPSA) is 76.1 Å². The number of benzene rings is 1. The largest absolute Gasteiger partial charge is 0.481 e. The number of para-hydroxylation sites is 1. The maximum absolute atomic E-state index is 12.6. The Bertz CT molecular complexity index is 499. The zero-order valence-electron chi connectivity index (χ0n) is 12.6. The molecular weight excluding hydrogens is 286 g/mol. The zero-order valence-corrected chi connectivity index (χ0v) is 12.6. The van der Waals surface area contributed by atoms with Crippen LogP contribution in [0.25, 0.3) is 0 Å². The number of carboxylic acid groups (broad SMARTS) is 1. The third kappa shape index (κ3) is 4.46. The van der Waals surface area contributed by atoms with Crippen LogP contribution in [0.15, 0.2) is 30.3 Å².